The van der Waals surface area contributed by atoms with Gasteiger partial charge in [-0.3, -0.25) is 0 Å². The van der Waals surface area contributed by atoms with Crippen LogP contribution in [-0.2, 0) is 0 Å². The zero-order chi connectivity index (χ0) is 8.60. The van der Waals surface area contributed by atoms with Crippen molar-refractivity contribution in [1.29, 1.82) is 0 Å². The van der Waals surface area contributed by atoms with Crippen LogP contribution in [0.15, 0.2) is 0 Å². The Kier molecular flexibility index (Phi) is 2.47. The van der Waals surface area contributed by atoms with E-state index in [0.29, 0.717) is 0 Å². The van der Waals surface area contributed by atoms with Crippen molar-refractivity contribution in [2.24, 2.45) is 11.3 Å². The number of rotatable bonds is 2. The second kappa shape index (κ2) is 3.29. The Morgan fingerprint density at radius 3 is 2.17 bits per heavy atom. The summed E-state index contributed by atoms with van der Waals surface area (Å²) in [6, 6.07) is 0. The first-order chi connectivity index (χ1) is 5.77. The molecule has 12 heavy (non-hydrogen) atoms. The van der Waals surface area contributed by atoms with Crippen molar-refractivity contribution >= 4 is 9.24 Å². The average molecular weight is 184 g/mol. The summed E-state index contributed by atoms with van der Waals surface area (Å²) in [6.07, 6.45) is 10.5. The van der Waals surface area contributed by atoms with E-state index in [4.69, 9.17) is 0 Å². The molecule has 0 amide bonds. The maximum absolute atomic E-state index is 3.00. The molecular formula is C11H21P. The van der Waals surface area contributed by atoms with Gasteiger partial charge in [-0.15, -0.1) is 9.24 Å². The maximum Gasteiger partial charge on any atom is -0.0264 e. The Hall–Kier alpha value is 0.430. The van der Waals surface area contributed by atoms with Crippen molar-refractivity contribution in [3.8, 4) is 0 Å². The number of hydrogen-bond donors (Lipinski definition) is 0. The molecule has 0 aromatic rings. The molecule has 1 unspecified atom stereocenters. The van der Waals surface area contributed by atoms with Gasteiger partial charge in [0.1, 0.15) is 0 Å². The van der Waals surface area contributed by atoms with Gasteiger partial charge in [-0.25, -0.2) is 0 Å². The topological polar surface area (TPSA) is 0 Å². The summed E-state index contributed by atoms with van der Waals surface area (Å²) in [4.78, 5) is 0. The van der Waals surface area contributed by atoms with Gasteiger partial charge in [-0.05, 0) is 55.5 Å². The van der Waals surface area contributed by atoms with E-state index in [-0.39, 0.29) is 0 Å². The van der Waals surface area contributed by atoms with Crippen LogP contribution in [0.4, 0.5) is 0 Å². The molecule has 2 saturated carbocycles. The molecule has 0 aromatic heterocycles. The smallest absolute Gasteiger partial charge is 0.0264 e. The maximum atomic E-state index is 3.00. The SMILES string of the molecule is CCC1(C2CCC(P)CC2)CC1. The first-order valence-corrected chi connectivity index (χ1v) is 6.19. The van der Waals surface area contributed by atoms with Crippen LogP contribution in [0, 0.1) is 11.3 Å². The van der Waals surface area contributed by atoms with Gasteiger partial charge < -0.3 is 0 Å². The minimum atomic E-state index is 0.838. The standard InChI is InChI=1S/C11H21P/c1-2-11(7-8-11)9-3-5-10(12)6-4-9/h9-10H,2-8,12H2,1H3. The van der Waals surface area contributed by atoms with Gasteiger partial charge in [0.05, 0.1) is 0 Å². The Labute approximate surface area is 78.7 Å². The van der Waals surface area contributed by atoms with Crippen LogP contribution < -0.4 is 0 Å². The van der Waals surface area contributed by atoms with Gasteiger partial charge in [0.25, 0.3) is 0 Å². The molecule has 2 fully saturated rings. The summed E-state index contributed by atoms with van der Waals surface area (Å²) in [7, 11) is 3.00. The van der Waals surface area contributed by atoms with Crippen molar-refractivity contribution in [1.82, 2.24) is 0 Å². The predicted octanol–water partition coefficient (Wildman–Crippen LogP) is 3.61. The fourth-order valence-electron chi connectivity index (χ4n) is 2.94. The summed E-state index contributed by atoms with van der Waals surface area (Å²) < 4.78 is 0. The van der Waals surface area contributed by atoms with E-state index in [2.05, 4.69) is 16.2 Å². The zero-order valence-corrected chi connectivity index (χ0v) is 9.34. The monoisotopic (exact) mass is 184 g/mol. The van der Waals surface area contributed by atoms with Gasteiger partial charge in [0.2, 0.25) is 0 Å². The van der Waals surface area contributed by atoms with Crippen LogP contribution >= 0.6 is 9.24 Å². The summed E-state index contributed by atoms with van der Waals surface area (Å²) in [5.41, 5.74) is 1.78. The second-order valence-corrected chi connectivity index (χ2v) is 5.77. The molecule has 0 spiro atoms. The average Bonchev–Trinajstić information content (AvgIpc) is 2.86. The molecule has 1 heteroatoms. The largest absolute Gasteiger partial charge is 0.134 e. The van der Waals surface area contributed by atoms with Gasteiger partial charge in [-0.1, -0.05) is 13.3 Å². The van der Waals surface area contributed by atoms with Gasteiger partial charge in [-0.2, -0.15) is 0 Å². The molecule has 0 saturated heterocycles. The molecule has 2 rings (SSSR count). The fraction of sp³-hybridized carbons (Fsp3) is 1.00. The normalized spacial score (nSPS) is 39.5. The second-order valence-electron chi connectivity index (χ2n) is 4.83. The molecular weight excluding hydrogens is 163 g/mol. The Morgan fingerprint density at radius 1 is 1.17 bits per heavy atom. The molecule has 0 bridgehead atoms. The molecule has 0 aliphatic heterocycles. The fourth-order valence-corrected chi connectivity index (χ4v) is 3.33. The highest BCUT2D eigenvalue weighted by molar-refractivity contribution is 7.17. The highest BCUT2D eigenvalue weighted by Gasteiger charge is 2.47. The first-order valence-electron chi connectivity index (χ1n) is 5.52. The van der Waals surface area contributed by atoms with Crippen LogP contribution in [0.1, 0.15) is 51.9 Å². The molecule has 70 valence electrons. The summed E-state index contributed by atoms with van der Waals surface area (Å²) in [5.74, 6) is 1.10. The Balaban J connectivity index is 1.89. The van der Waals surface area contributed by atoms with Gasteiger partial charge >= 0.3 is 0 Å². The molecule has 0 radical (unpaired) electrons. The van der Waals surface area contributed by atoms with E-state index in [9.17, 15) is 0 Å². The van der Waals surface area contributed by atoms with Crippen LogP contribution in [-0.4, -0.2) is 5.66 Å². The third-order valence-electron chi connectivity index (χ3n) is 4.23. The lowest BCUT2D eigenvalue weighted by Gasteiger charge is -2.32. The summed E-state index contributed by atoms with van der Waals surface area (Å²) in [6.45, 7) is 2.39. The Bertz CT molecular complexity index is 152. The Morgan fingerprint density at radius 2 is 1.75 bits per heavy atom. The minimum Gasteiger partial charge on any atom is -0.134 e. The quantitative estimate of drug-likeness (QED) is 0.575. The lowest BCUT2D eigenvalue weighted by molar-refractivity contribution is 0.224. The van der Waals surface area contributed by atoms with Gasteiger partial charge in [0, 0.05) is 0 Å². The molecule has 2 aliphatic carbocycles. The van der Waals surface area contributed by atoms with Crippen molar-refractivity contribution in [2.75, 3.05) is 0 Å². The molecule has 1 atom stereocenters. The van der Waals surface area contributed by atoms with E-state index in [0.717, 1.165) is 17.0 Å². The van der Waals surface area contributed by atoms with Crippen molar-refractivity contribution in [3.63, 3.8) is 0 Å². The molecule has 0 aromatic carbocycles. The van der Waals surface area contributed by atoms with E-state index in [1.54, 1.807) is 0 Å². The molecule has 2 aliphatic rings. The lowest BCUT2D eigenvalue weighted by atomic mass is 9.76. The van der Waals surface area contributed by atoms with Crippen LogP contribution in [0.3, 0.4) is 0 Å². The van der Waals surface area contributed by atoms with E-state index >= 15 is 0 Å². The highest BCUT2D eigenvalue weighted by atomic mass is 31.0. The van der Waals surface area contributed by atoms with E-state index in [1.807, 2.05) is 0 Å². The third kappa shape index (κ3) is 1.55. The van der Waals surface area contributed by atoms with Crippen LogP contribution in [0.2, 0.25) is 0 Å². The van der Waals surface area contributed by atoms with Gasteiger partial charge in [0.15, 0.2) is 0 Å². The van der Waals surface area contributed by atoms with Crippen molar-refractivity contribution in [3.05, 3.63) is 0 Å². The molecule has 0 nitrogen and oxygen atoms in total. The lowest BCUT2D eigenvalue weighted by Crippen LogP contribution is -2.22. The number of hydrogen-bond acceptors (Lipinski definition) is 0. The van der Waals surface area contributed by atoms with Crippen molar-refractivity contribution in [2.45, 2.75) is 57.5 Å². The zero-order valence-electron chi connectivity index (χ0n) is 8.18. The predicted molar refractivity (Wildman–Crippen MR) is 57.4 cm³/mol. The highest BCUT2D eigenvalue weighted by Crippen LogP contribution is 2.58. The summed E-state index contributed by atoms with van der Waals surface area (Å²) in [5, 5.41) is 0. The molecule has 0 N–H and O–H groups in total. The first kappa shape index (κ1) is 9.00. The molecule has 0 heterocycles. The van der Waals surface area contributed by atoms with Crippen LogP contribution in [0.5, 0.6) is 0 Å². The van der Waals surface area contributed by atoms with E-state index < -0.39 is 0 Å². The minimum absolute atomic E-state index is 0.838. The third-order valence-corrected chi connectivity index (χ3v) is 4.90. The van der Waals surface area contributed by atoms with Crippen LogP contribution in [0.25, 0.3) is 0 Å². The van der Waals surface area contributed by atoms with Crippen molar-refractivity contribution < 1.29 is 0 Å². The van der Waals surface area contributed by atoms with E-state index in [1.165, 1.54) is 44.9 Å². The summed E-state index contributed by atoms with van der Waals surface area (Å²) >= 11 is 0.